The van der Waals surface area contributed by atoms with E-state index in [0.29, 0.717) is 0 Å². The quantitative estimate of drug-likeness (QED) is 0.914. The van der Waals surface area contributed by atoms with E-state index in [2.05, 4.69) is 40.7 Å². The summed E-state index contributed by atoms with van der Waals surface area (Å²) in [6, 6.07) is 2.17. The molecule has 1 N–H and O–H groups in total. The predicted octanol–water partition coefficient (Wildman–Crippen LogP) is 1.84. The van der Waals surface area contributed by atoms with Crippen LogP contribution in [0.2, 0.25) is 0 Å². The summed E-state index contributed by atoms with van der Waals surface area (Å²) in [5, 5.41) is 10.7. The minimum absolute atomic E-state index is 0.264. The van der Waals surface area contributed by atoms with Crippen molar-refractivity contribution < 1.29 is 5.11 Å². The van der Waals surface area contributed by atoms with Gasteiger partial charge in [-0.15, -0.1) is 11.3 Å². The van der Waals surface area contributed by atoms with Crippen molar-refractivity contribution in [2.75, 3.05) is 6.61 Å². The Morgan fingerprint density at radius 3 is 2.43 bits per heavy atom. The molecule has 0 spiro atoms. The molecule has 0 unspecified atom stereocenters. The highest BCUT2D eigenvalue weighted by molar-refractivity contribution is 8.51. The molecule has 0 atom stereocenters. The van der Waals surface area contributed by atoms with Crippen molar-refractivity contribution >= 4 is 51.5 Å². The van der Waals surface area contributed by atoms with Crippen molar-refractivity contribution in [2.45, 2.75) is 19.8 Å². The molecular formula is C8H12OS5. The molecule has 0 amide bonds. The maximum atomic E-state index is 8.61. The average Bonchev–Trinajstić information content (AvgIpc) is 2.67. The van der Waals surface area contributed by atoms with E-state index in [9.17, 15) is 0 Å². The van der Waals surface area contributed by atoms with Gasteiger partial charge >= 0.3 is 0 Å². The summed E-state index contributed by atoms with van der Waals surface area (Å²) in [5.74, 6) is 0. The van der Waals surface area contributed by atoms with E-state index in [1.54, 1.807) is 11.3 Å². The Kier molecular flexibility index (Phi) is 10.5. The average molecular weight is 285 g/mol. The molecule has 80 valence electrons. The van der Waals surface area contributed by atoms with E-state index in [4.69, 9.17) is 5.11 Å². The first-order valence-corrected chi connectivity index (χ1v) is 8.92. The lowest BCUT2D eigenvalue weighted by molar-refractivity contribution is 0.300. The topological polar surface area (TPSA) is 20.2 Å². The lowest BCUT2D eigenvalue weighted by Gasteiger charge is -1.87. The van der Waals surface area contributed by atoms with Crippen LogP contribution in [0.4, 0.5) is 0 Å². The second kappa shape index (κ2) is 10.1. The molecule has 1 aromatic heterocycles. The summed E-state index contributed by atoms with van der Waals surface area (Å²) in [4.78, 5) is 1.41. The van der Waals surface area contributed by atoms with Crippen LogP contribution >= 0.6 is 11.3 Å². The van der Waals surface area contributed by atoms with E-state index in [1.165, 1.54) is 28.2 Å². The van der Waals surface area contributed by atoms with Crippen LogP contribution in [-0.2, 0) is 53.0 Å². The minimum Gasteiger partial charge on any atom is -0.396 e. The zero-order chi connectivity index (χ0) is 10.8. The Hall–Kier alpha value is 0.540. The lowest BCUT2D eigenvalue weighted by Crippen LogP contribution is -1.86. The van der Waals surface area contributed by atoms with Crippen LogP contribution in [0.5, 0.6) is 0 Å². The molecule has 0 aromatic carbocycles. The van der Waals surface area contributed by atoms with Gasteiger partial charge in [-0.3, -0.25) is 0 Å². The minimum atomic E-state index is 0.264. The zero-order valence-corrected chi connectivity index (χ0v) is 11.8. The fourth-order valence-electron chi connectivity index (χ4n) is 0.872. The molecule has 1 rings (SSSR count). The first-order chi connectivity index (χ1) is 6.78. The van der Waals surface area contributed by atoms with Crippen molar-refractivity contribution in [1.82, 2.24) is 0 Å². The Balaban J connectivity index is 0.000000364. The van der Waals surface area contributed by atoms with Crippen molar-refractivity contribution in [2.24, 2.45) is 0 Å². The van der Waals surface area contributed by atoms with Gasteiger partial charge in [0.2, 0.25) is 0 Å². The highest BCUT2D eigenvalue weighted by atomic mass is 33.2. The summed E-state index contributed by atoms with van der Waals surface area (Å²) >= 11 is 10.4. The summed E-state index contributed by atoms with van der Waals surface area (Å²) in [6.45, 7) is 2.41. The van der Waals surface area contributed by atoms with E-state index in [1.807, 2.05) is 0 Å². The monoisotopic (exact) mass is 284 g/mol. The summed E-state index contributed by atoms with van der Waals surface area (Å²) in [6.07, 6.45) is 1.91. The van der Waals surface area contributed by atoms with Crippen LogP contribution in [0.25, 0.3) is 0 Å². The van der Waals surface area contributed by atoms with E-state index >= 15 is 0 Å². The molecule has 6 heteroatoms. The number of thiophene rings is 1. The fraction of sp³-hybridized carbons (Fsp3) is 0.500. The lowest BCUT2D eigenvalue weighted by atomic mass is 10.2. The van der Waals surface area contributed by atoms with E-state index in [0.717, 1.165) is 12.8 Å². The van der Waals surface area contributed by atoms with Gasteiger partial charge in [0.1, 0.15) is 0 Å². The van der Waals surface area contributed by atoms with E-state index < -0.39 is 0 Å². The normalized spacial score (nSPS) is 8.71. The summed E-state index contributed by atoms with van der Waals surface area (Å²) in [7, 11) is 2.34. The first-order valence-electron chi connectivity index (χ1n) is 4.04. The highest BCUT2D eigenvalue weighted by Gasteiger charge is 1.95. The molecule has 0 fully saturated rings. The molecule has 0 radical (unpaired) electrons. The van der Waals surface area contributed by atoms with Crippen LogP contribution in [0.3, 0.4) is 0 Å². The van der Waals surface area contributed by atoms with Gasteiger partial charge in [0, 0.05) is 51.6 Å². The number of aryl methyl sites for hydroxylation is 1. The van der Waals surface area contributed by atoms with Crippen LogP contribution in [0.1, 0.15) is 17.4 Å². The second-order valence-corrected chi connectivity index (χ2v) is 6.92. The van der Waals surface area contributed by atoms with Crippen molar-refractivity contribution in [3.05, 3.63) is 21.9 Å². The van der Waals surface area contributed by atoms with Gasteiger partial charge in [-0.1, -0.05) is 6.92 Å². The van der Waals surface area contributed by atoms with E-state index in [-0.39, 0.29) is 6.61 Å². The van der Waals surface area contributed by atoms with Crippen LogP contribution < -0.4 is 0 Å². The third-order valence-corrected chi connectivity index (χ3v) is 4.84. The van der Waals surface area contributed by atoms with Crippen molar-refractivity contribution in [1.29, 1.82) is 0 Å². The highest BCUT2D eigenvalue weighted by Crippen LogP contribution is 2.14. The summed E-state index contributed by atoms with van der Waals surface area (Å²) < 4.78 is 0. The standard InChI is InChI=1S/C8H12OS.S4/c1-2-8-5-7(3-4-9)6-10-8;1-3-4-2/h5-6,9H,2-4H2,1H3;. The molecule has 0 aliphatic rings. The van der Waals surface area contributed by atoms with Crippen molar-refractivity contribution in [3.63, 3.8) is 0 Å². The number of aliphatic hydroxyl groups is 1. The number of rotatable bonds is 3. The largest absolute Gasteiger partial charge is 0.396 e. The Bertz CT molecular complexity index is 312. The van der Waals surface area contributed by atoms with Crippen LogP contribution in [-0.4, -0.2) is 11.7 Å². The third kappa shape index (κ3) is 6.92. The molecule has 0 bridgehead atoms. The maximum absolute atomic E-state index is 8.61. The molecule has 0 saturated heterocycles. The fourth-order valence-corrected chi connectivity index (χ4v) is 1.75. The molecule has 14 heavy (non-hydrogen) atoms. The molecule has 0 aliphatic heterocycles. The zero-order valence-electron chi connectivity index (χ0n) is 7.76. The maximum Gasteiger partial charge on any atom is 0.0471 e. The predicted molar refractivity (Wildman–Crippen MR) is 73.9 cm³/mol. The van der Waals surface area contributed by atoms with Gasteiger partial charge in [0.25, 0.3) is 0 Å². The molecule has 1 aromatic rings. The Morgan fingerprint density at radius 1 is 1.43 bits per heavy atom. The third-order valence-electron chi connectivity index (χ3n) is 1.48. The van der Waals surface area contributed by atoms with Gasteiger partial charge in [0.15, 0.2) is 0 Å². The van der Waals surface area contributed by atoms with Gasteiger partial charge < -0.3 is 5.11 Å². The van der Waals surface area contributed by atoms with Gasteiger partial charge in [-0.2, -0.15) is 0 Å². The summed E-state index contributed by atoms with van der Waals surface area (Å²) in [5.41, 5.74) is 1.27. The first kappa shape index (κ1) is 14.5. The van der Waals surface area contributed by atoms with Crippen LogP contribution in [0, 0.1) is 0 Å². The second-order valence-electron chi connectivity index (χ2n) is 2.38. The number of hydrogen-bond acceptors (Lipinski definition) is 4. The molecule has 1 heterocycles. The van der Waals surface area contributed by atoms with Crippen molar-refractivity contribution in [3.8, 4) is 0 Å². The van der Waals surface area contributed by atoms with Gasteiger partial charge in [0.05, 0.1) is 0 Å². The van der Waals surface area contributed by atoms with Gasteiger partial charge in [-0.25, -0.2) is 0 Å². The molecule has 1 nitrogen and oxygen atoms in total. The molecular weight excluding hydrogens is 272 g/mol. The number of hydrogen-bond donors (Lipinski definition) is 1. The Labute approximate surface area is 104 Å². The molecule has 0 saturated carbocycles. The SMILES string of the molecule is CCc1cc(CCO)cs1.S=S=S=S. The van der Waals surface area contributed by atoms with Crippen LogP contribution in [0.15, 0.2) is 11.4 Å². The smallest absolute Gasteiger partial charge is 0.0471 e. The molecule has 0 aliphatic carbocycles. The number of aliphatic hydroxyl groups excluding tert-OH is 1. The Morgan fingerprint density at radius 2 is 2.07 bits per heavy atom. The van der Waals surface area contributed by atoms with Gasteiger partial charge in [-0.05, 0) is 29.9 Å².